The molecule has 0 fully saturated rings. The highest BCUT2D eigenvalue weighted by atomic mass is 16.3. The Morgan fingerprint density at radius 2 is 1.50 bits per heavy atom. The molecule has 0 aromatic heterocycles. The highest BCUT2D eigenvalue weighted by Gasteiger charge is 2.24. The van der Waals surface area contributed by atoms with Crippen LogP contribution in [0.3, 0.4) is 0 Å². The molecule has 1 unspecified atom stereocenters. The molecule has 0 bridgehead atoms. The fourth-order valence-electron chi connectivity index (χ4n) is 2.59. The standard InChI is InChI=1S/C18H35NO3/c1-3-5-7-9-11-13-17(21)16(12-10-8-6-4-2)18(22)19-14-15-20/h16,20H,3-15H2,1-2H3,(H,19,22). The van der Waals surface area contributed by atoms with E-state index in [1.165, 1.54) is 19.3 Å². The Morgan fingerprint density at radius 1 is 0.909 bits per heavy atom. The number of carbonyl (C=O) groups is 2. The highest BCUT2D eigenvalue weighted by molar-refractivity contribution is 6.01. The molecule has 0 rings (SSSR count). The maximum absolute atomic E-state index is 12.3. The summed E-state index contributed by atoms with van der Waals surface area (Å²) in [6, 6.07) is 0. The Balaban J connectivity index is 4.22. The quantitative estimate of drug-likeness (QED) is 0.358. The van der Waals surface area contributed by atoms with Crippen LogP contribution in [-0.4, -0.2) is 29.9 Å². The number of unbranched alkanes of at least 4 members (excludes halogenated alkanes) is 7. The molecule has 22 heavy (non-hydrogen) atoms. The minimum Gasteiger partial charge on any atom is -0.395 e. The van der Waals surface area contributed by atoms with Crippen molar-refractivity contribution in [1.82, 2.24) is 5.32 Å². The van der Waals surface area contributed by atoms with Gasteiger partial charge in [-0.1, -0.05) is 65.2 Å². The van der Waals surface area contributed by atoms with Crippen LogP contribution in [0.15, 0.2) is 0 Å². The molecule has 0 radical (unpaired) electrons. The average Bonchev–Trinajstić information content (AvgIpc) is 2.52. The molecule has 0 aromatic carbocycles. The van der Waals surface area contributed by atoms with E-state index in [0.29, 0.717) is 12.8 Å². The van der Waals surface area contributed by atoms with E-state index < -0.39 is 5.92 Å². The molecule has 1 atom stereocenters. The molecular formula is C18H35NO3. The van der Waals surface area contributed by atoms with Crippen LogP contribution < -0.4 is 5.32 Å². The van der Waals surface area contributed by atoms with E-state index in [-0.39, 0.29) is 24.8 Å². The van der Waals surface area contributed by atoms with Gasteiger partial charge < -0.3 is 10.4 Å². The summed E-state index contributed by atoms with van der Waals surface area (Å²) in [7, 11) is 0. The van der Waals surface area contributed by atoms with Crippen LogP contribution in [0, 0.1) is 5.92 Å². The van der Waals surface area contributed by atoms with Crippen LogP contribution in [0.25, 0.3) is 0 Å². The Labute approximate surface area is 136 Å². The van der Waals surface area contributed by atoms with Gasteiger partial charge in [-0.05, 0) is 12.8 Å². The zero-order valence-corrected chi connectivity index (χ0v) is 14.5. The van der Waals surface area contributed by atoms with Gasteiger partial charge in [-0.25, -0.2) is 0 Å². The fraction of sp³-hybridized carbons (Fsp3) is 0.889. The van der Waals surface area contributed by atoms with Crippen molar-refractivity contribution < 1.29 is 14.7 Å². The zero-order valence-electron chi connectivity index (χ0n) is 14.5. The molecule has 4 nitrogen and oxygen atoms in total. The third-order valence-electron chi connectivity index (χ3n) is 3.99. The highest BCUT2D eigenvalue weighted by Crippen LogP contribution is 2.16. The normalized spacial score (nSPS) is 12.1. The summed E-state index contributed by atoms with van der Waals surface area (Å²) >= 11 is 0. The lowest BCUT2D eigenvalue weighted by molar-refractivity contribution is -0.134. The second kappa shape index (κ2) is 15.0. The molecule has 0 saturated carbocycles. The lowest BCUT2D eigenvalue weighted by Crippen LogP contribution is -2.36. The minimum absolute atomic E-state index is 0.0726. The van der Waals surface area contributed by atoms with Crippen molar-refractivity contribution in [2.24, 2.45) is 5.92 Å². The van der Waals surface area contributed by atoms with E-state index in [4.69, 9.17) is 5.11 Å². The molecule has 0 aliphatic carbocycles. The number of hydrogen-bond acceptors (Lipinski definition) is 3. The average molecular weight is 313 g/mol. The van der Waals surface area contributed by atoms with Gasteiger partial charge in [-0.3, -0.25) is 9.59 Å². The first-order valence-electron chi connectivity index (χ1n) is 9.08. The zero-order chi connectivity index (χ0) is 16.6. The first-order valence-corrected chi connectivity index (χ1v) is 9.08. The molecule has 0 aliphatic heterocycles. The molecule has 4 heteroatoms. The first-order chi connectivity index (χ1) is 10.7. The number of aliphatic hydroxyl groups is 1. The van der Waals surface area contributed by atoms with Crippen molar-refractivity contribution >= 4 is 11.7 Å². The van der Waals surface area contributed by atoms with Crippen molar-refractivity contribution in [2.75, 3.05) is 13.2 Å². The van der Waals surface area contributed by atoms with Gasteiger partial charge in [0.05, 0.1) is 12.5 Å². The van der Waals surface area contributed by atoms with Gasteiger partial charge in [-0.15, -0.1) is 0 Å². The van der Waals surface area contributed by atoms with Gasteiger partial charge in [0.2, 0.25) is 5.91 Å². The molecule has 2 N–H and O–H groups in total. The Kier molecular flexibility index (Phi) is 14.4. The second-order valence-corrected chi connectivity index (χ2v) is 6.05. The van der Waals surface area contributed by atoms with Crippen LogP contribution in [0.5, 0.6) is 0 Å². The van der Waals surface area contributed by atoms with Crippen LogP contribution in [0.4, 0.5) is 0 Å². The number of Topliss-reactive ketones (excluding diaryl/α,β-unsaturated/α-hetero) is 1. The molecule has 0 aromatic rings. The predicted molar refractivity (Wildman–Crippen MR) is 90.7 cm³/mol. The smallest absolute Gasteiger partial charge is 0.230 e. The van der Waals surface area contributed by atoms with Gasteiger partial charge in [0, 0.05) is 13.0 Å². The maximum Gasteiger partial charge on any atom is 0.230 e. The number of hydrogen-bond donors (Lipinski definition) is 2. The van der Waals surface area contributed by atoms with Gasteiger partial charge in [0.1, 0.15) is 5.78 Å². The lowest BCUT2D eigenvalue weighted by atomic mass is 9.92. The fourth-order valence-corrected chi connectivity index (χ4v) is 2.59. The molecule has 0 heterocycles. The van der Waals surface area contributed by atoms with Gasteiger partial charge in [0.25, 0.3) is 0 Å². The first kappa shape index (κ1) is 21.1. The topological polar surface area (TPSA) is 66.4 Å². The van der Waals surface area contributed by atoms with Crippen LogP contribution in [0.1, 0.15) is 84.5 Å². The number of amides is 1. The van der Waals surface area contributed by atoms with E-state index in [9.17, 15) is 9.59 Å². The third kappa shape index (κ3) is 10.8. The number of nitrogens with one attached hydrogen (secondary N) is 1. The maximum atomic E-state index is 12.3. The Hall–Kier alpha value is -0.900. The van der Waals surface area contributed by atoms with Gasteiger partial charge in [-0.2, -0.15) is 0 Å². The molecule has 0 aliphatic rings. The van der Waals surface area contributed by atoms with Gasteiger partial charge in [0.15, 0.2) is 0 Å². The molecule has 1 amide bonds. The summed E-state index contributed by atoms with van der Waals surface area (Å²) in [6.07, 6.45) is 11.0. The molecule has 0 saturated heterocycles. The largest absolute Gasteiger partial charge is 0.395 e. The lowest BCUT2D eigenvalue weighted by Gasteiger charge is -2.15. The van der Waals surface area contributed by atoms with E-state index in [1.807, 2.05) is 0 Å². The van der Waals surface area contributed by atoms with E-state index in [1.54, 1.807) is 0 Å². The number of carbonyl (C=O) groups excluding carboxylic acids is 2. The summed E-state index contributed by atoms with van der Waals surface area (Å²) in [4.78, 5) is 24.4. The van der Waals surface area contributed by atoms with E-state index in [2.05, 4.69) is 19.2 Å². The Morgan fingerprint density at radius 3 is 2.09 bits per heavy atom. The van der Waals surface area contributed by atoms with Gasteiger partial charge >= 0.3 is 0 Å². The summed E-state index contributed by atoms with van der Waals surface area (Å²) in [5.41, 5.74) is 0. The second-order valence-electron chi connectivity index (χ2n) is 6.05. The number of ketones is 1. The summed E-state index contributed by atoms with van der Waals surface area (Å²) in [5.74, 6) is -0.651. The van der Waals surface area contributed by atoms with Crippen molar-refractivity contribution in [3.05, 3.63) is 0 Å². The van der Waals surface area contributed by atoms with Crippen LogP contribution in [-0.2, 0) is 9.59 Å². The summed E-state index contributed by atoms with van der Waals surface area (Å²) in [6.45, 7) is 4.46. The summed E-state index contributed by atoms with van der Waals surface area (Å²) < 4.78 is 0. The minimum atomic E-state index is -0.519. The van der Waals surface area contributed by atoms with Crippen molar-refractivity contribution in [3.8, 4) is 0 Å². The number of aliphatic hydroxyl groups excluding tert-OH is 1. The predicted octanol–water partition coefficient (Wildman–Crippen LogP) is 3.61. The number of rotatable bonds is 15. The molecular weight excluding hydrogens is 278 g/mol. The van der Waals surface area contributed by atoms with Crippen LogP contribution in [0.2, 0.25) is 0 Å². The van der Waals surface area contributed by atoms with E-state index in [0.717, 1.165) is 38.5 Å². The van der Waals surface area contributed by atoms with Crippen molar-refractivity contribution in [2.45, 2.75) is 84.5 Å². The Bertz CT molecular complexity index is 292. The van der Waals surface area contributed by atoms with E-state index >= 15 is 0 Å². The SMILES string of the molecule is CCCCCCCC(=O)C(CCCCCC)C(=O)NCCO. The van der Waals surface area contributed by atoms with Crippen molar-refractivity contribution in [1.29, 1.82) is 0 Å². The summed E-state index contributed by atoms with van der Waals surface area (Å²) in [5, 5.41) is 11.5. The van der Waals surface area contributed by atoms with Crippen molar-refractivity contribution in [3.63, 3.8) is 0 Å². The molecule has 130 valence electrons. The monoisotopic (exact) mass is 313 g/mol. The molecule has 0 spiro atoms. The van der Waals surface area contributed by atoms with Crippen LogP contribution >= 0.6 is 0 Å². The third-order valence-corrected chi connectivity index (χ3v) is 3.99.